The number of carbonyl (C=O) groups is 1. The second kappa shape index (κ2) is 9.77. The van der Waals surface area contributed by atoms with E-state index in [0.717, 1.165) is 24.0 Å². The quantitative estimate of drug-likeness (QED) is 0.453. The zero-order chi connectivity index (χ0) is 22.4. The van der Waals surface area contributed by atoms with Gasteiger partial charge in [-0.3, -0.25) is 4.79 Å². The molecule has 1 amide bonds. The van der Waals surface area contributed by atoms with E-state index in [-0.39, 0.29) is 16.5 Å². The lowest BCUT2D eigenvalue weighted by atomic mass is 9.89. The molecule has 1 aliphatic rings. The molecule has 0 saturated heterocycles. The number of nitriles is 1. The SMILES string of the molecule is CC(NC(=O)/C(C#N)=C\NCc1ccc(S(N)(=O)=O)cc1)c1ccc2c(c1)CCCC2. The molecule has 162 valence electrons. The number of fused-ring (bicyclic) bond motifs is 1. The lowest BCUT2D eigenvalue weighted by molar-refractivity contribution is -0.117. The number of hydrogen-bond acceptors (Lipinski definition) is 5. The molecular formula is C23H26N4O3S. The fourth-order valence-electron chi connectivity index (χ4n) is 3.60. The number of hydrogen-bond donors (Lipinski definition) is 3. The Bertz CT molecular complexity index is 1130. The predicted molar refractivity (Wildman–Crippen MR) is 118 cm³/mol. The third-order valence-corrected chi connectivity index (χ3v) is 6.32. The molecule has 0 spiro atoms. The molecule has 0 radical (unpaired) electrons. The summed E-state index contributed by atoms with van der Waals surface area (Å²) in [5.74, 6) is -0.454. The van der Waals surface area contributed by atoms with Gasteiger partial charge in [0.05, 0.1) is 10.9 Å². The maximum atomic E-state index is 12.5. The van der Waals surface area contributed by atoms with Gasteiger partial charge in [0, 0.05) is 12.7 Å². The van der Waals surface area contributed by atoms with Crippen molar-refractivity contribution in [1.29, 1.82) is 5.26 Å². The largest absolute Gasteiger partial charge is 0.386 e. The van der Waals surface area contributed by atoms with Crippen LogP contribution in [0, 0.1) is 11.3 Å². The highest BCUT2D eigenvalue weighted by Gasteiger charge is 2.16. The molecule has 8 heteroatoms. The van der Waals surface area contributed by atoms with Crippen molar-refractivity contribution in [2.45, 2.75) is 50.1 Å². The number of primary sulfonamides is 1. The van der Waals surface area contributed by atoms with Crippen molar-refractivity contribution in [3.05, 3.63) is 76.5 Å². The van der Waals surface area contributed by atoms with E-state index in [1.165, 1.54) is 42.3 Å². The molecule has 1 atom stereocenters. The monoisotopic (exact) mass is 438 g/mol. The van der Waals surface area contributed by atoms with Gasteiger partial charge in [-0.1, -0.05) is 30.3 Å². The summed E-state index contributed by atoms with van der Waals surface area (Å²) >= 11 is 0. The van der Waals surface area contributed by atoms with E-state index in [2.05, 4.69) is 22.8 Å². The third-order valence-electron chi connectivity index (χ3n) is 5.39. The van der Waals surface area contributed by atoms with Crippen LogP contribution >= 0.6 is 0 Å². The Balaban J connectivity index is 1.59. The van der Waals surface area contributed by atoms with Crippen molar-refractivity contribution in [1.82, 2.24) is 10.6 Å². The van der Waals surface area contributed by atoms with E-state index in [4.69, 9.17) is 5.14 Å². The average Bonchev–Trinajstić information content (AvgIpc) is 2.76. The van der Waals surface area contributed by atoms with Crippen molar-refractivity contribution in [3.63, 3.8) is 0 Å². The van der Waals surface area contributed by atoms with E-state index in [1.54, 1.807) is 12.1 Å². The summed E-state index contributed by atoms with van der Waals surface area (Å²) in [5, 5.41) is 20.2. The van der Waals surface area contributed by atoms with E-state index in [9.17, 15) is 18.5 Å². The number of rotatable bonds is 7. The zero-order valence-corrected chi connectivity index (χ0v) is 18.2. The van der Waals surface area contributed by atoms with Crippen molar-refractivity contribution < 1.29 is 13.2 Å². The second-order valence-corrected chi connectivity index (χ2v) is 9.23. The van der Waals surface area contributed by atoms with Gasteiger partial charge in [0.25, 0.3) is 5.91 Å². The molecule has 0 heterocycles. The number of nitrogens with one attached hydrogen (secondary N) is 2. The van der Waals surface area contributed by atoms with E-state index >= 15 is 0 Å². The molecule has 3 rings (SSSR count). The molecule has 31 heavy (non-hydrogen) atoms. The van der Waals surface area contributed by atoms with Crippen LogP contribution in [0.2, 0.25) is 0 Å². The minimum Gasteiger partial charge on any atom is -0.386 e. The van der Waals surface area contributed by atoms with Crippen LogP contribution in [0.4, 0.5) is 0 Å². The van der Waals surface area contributed by atoms with Crippen LogP contribution in [0.3, 0.4) is 0 Å². The highest BCUT2D eigenvalue weighted by molar-refractivity contribution is 7.89. The third kappa shape index (κ3) is 5.94. The average molecular weight is 439 g/mol. The molecule has 1 unspecified atom stereocenters. The van der Waals surface area contributed by atoms with Gasteiger partial charge in [0.15, 0.2) is 0 Å². The summed E-state index contributed by atoms with van der Waals surface area (Å²) in [6.07, 6.45) is 5.94. The predicted octanol–water partition coefficient (Wildman–Crippen LogP) is 2.59. The summed E-state index contributed by atoms with van der Waals surface area (Å²) in [6, 6.07) is 14.1. The van der Waals surface area contributed by atoms with Gasteiger partial charge in [0.2, 0.25) is 10.0 Å². The molecule has 1 aliphatic carbocycles. The summed E-state index contributed by atoms with van der Waals surface area (Å²) < 4.78 is 22.6. The normalized spacial score (nSPS) is 14.8. The highest BCUT2D eigenvalue weighted by Crippen LogP contribution is 2.24. The number of nitrogens with two attached hydrogens (primary N) is 1. The highest BCUT2D eigenvalue weighted by atomic mass is 32.2. The van der Waals surface area contributed by atoms with Crippen LogP contribution < -0.4 is 15.8 Å². The number of aryl methyl sites for hydroxylation is 2. The second-order valence-electron chi connectivity index (χ2n) is 7.67. The number of nitrogens with zero attached hydrogens (tertiary/aromatic N) is 1. The fraction of sp³-hybridized carbons (Fsp3) is 0.304. The van der Waals surface area contributed by atoms with Gasteiger partial charge in [-0.25, -0.2) is 13.6 Å². The minimum absolute atomic E-state index is 0.0278. The number of carbonyl (C=O) groups excluding carboxylic acids is 1. The Labute approximate surface area is 183 Å². The Morgan fingerprint density at radius 2 is 1.84 bits per heavy atom. The van der Waals surface area contributed by atoms with Crippen LogP contribution in [-0.2, 0) is 34.2 Å². The Kier molecular flexibility index (Phi) is 7.10. The first-order chi connectivity index (χ1) is 14.8. The lowest BCUT2D eigenvalue weighted by Crippen LogP contribution is -2.28. The van der Waals surface area contributed by atoms with E-state index < -0.39 is 15.9 Å². The van der Waals surface area contributed by atoms with Crippen molar-refractivity contribution in [2.24, 2.45) is 5.14 Å². The van der Waals surface area contributed by atoms with Crippen LogP contribution in [0.1, 0.15) is 48.1 Å². The van der Waals surface area contributed by atoms with Gasteiger partial charge in [-0.05, 0) is 67.0 Å². The molecule has 7 nitrogen and oxygen atoms in total. The smallest absolute Gasteiger partial charge is 0.263 e. The summed E-state index contributed by atoms with van der Waals surface area (Å²) in [5.41, 5.74) is 4.49. The first-order valence-electron chi connectivity index (χ1n) is 10.2. The Morgan fingerprint density at radius 3 is 2.48 bits per heavy atom. The van der Waals surface area contributed by atoms with Gasteiger partial charge in [-0.2, -0.15) is 5.26 Å². The standard InChI is InChI=1S/C23H26N4O3S/c1-16(19-9-8-18-4-2-3-5-20(18)12-19)27-23(28)21(13-24)15-26-14-17-6-10-22(11-7-17)31(25,29)30/h6-12,15-16,26H,2-5,14H2,1H3,(H,27,28)(H2,25,29,30)/b21-15-. The first kappa shape index (κ1) is 22.5. The maximum Gasteiger partial charge on any atom is 0.263 e. The molecule has 0 fully saturated rings. The van der Waals surface area contributed by atoms with Gasteiger partial charge in [-0.15, -0.1) is 0 Å². The minimum atomic E-state index is -3.74. The number of benzene rings is 2. The fourth-order valence-corrected chi connectivity index (χ4v) is 4.11. The molecule has 0 aliphatic heterocycles. The van der Waals surface area contributed by atoms with Gasteiger partial charge < -0.3 is 10.6 Å². The zero-order valence-electron chi connectivity index (χ0n) is 17.4. The molecule has 2 aromatic carbocycles. The van der Waals surface area contributed by atoms with Crippen molar-refractivity contribution in [2.75, 3.05) is 0 Å². The summed E-state index contributed by atoms with van der Waals surface area (Å²) in [7, 11) is -3.74. The Morgan fingerprint density at radius 1 is 1.16 bits per heavy atom. The molecule has 2 aromatic rings. The number of amides is 1. The van der Waals surface area contributed by atoms with Crippen molar-refractivity contribution >= 4 is 15.9 Å². The maximum absolute atomic E-state index is 12.5. The first-order valence-corrected chi connectivity index (χ1v) is 11.7. The van der Waals surface area contributed by atoms with Gasteiger partial charge >= 0.3 is 0 Å². The molecule has 0 saturated carbocycles. The molecular weight excluding hydrogens is 412 g/mol. The number of sulfonamides is 1. The van der Waals surface area contributed by atoms with Crippen LogP contribution in [0.15, 0.2) is 59.1 Å². The molecule has 0 aromatic heterocycles. The summed E-state index contributed by atoms with van der Waals surface area (Å²) in [6.45, 7) is 2.22. The van der Waals surface area contributed by atoms with E-state index in [1.807, 2.05) is 19.1 Å². The summed E-state index contributed by atoms with van der Waals surface area (Å²) in [4.78, 5) is 12.5. The van der Waals surface area contributed by atoms with Crippen LogP contribution in [0.5, 0.6) is 0 Å². The van der Waals surface area contributed by atoms with Crippen LogP contribution in [-0.4, -0.2) is 14.3 Å². The topological polar surface area (TPSA) is 125 Å². The van der Waals surface area contributed by atoms with E-state index in [0.29, 0.717) is 6.54 Å². The molecule has 0 bridgehead atoms. The molecule has 4 N–H and O–H groups in total. The lowest BCUT2D eigenvalue weighted by Gasteiger charge is -2.20. The Hall–Kier alpha value is -3.15. The van der Waals surface area contributed by atoms with Gasteiger partial charge in [0.1, 0.15) is 11.6 Å². The van der Waals surface area contributed by atoms with Crippen LogP contribution in [0.25, 0.3) is 0 Å². The van der Waals surface area contributed by atoms with Crippen molar-refractivity contribution in [3.8, 4) is 6.07 Å².